The number of amides is 1. The Balaban J connectivity index is 1.73. The zero-order valence-corrected chi connectivity index (χ0v) is 20.6. The second kappa shape index (κ2) is 9.71. The normalized spacial score (nSPS) is 11.0. The van der Waals surface area contributed by atoms with Crippen LogP contribution in [0.3, 0.4) is 0 Å². The molecule has 9 heteroatoms. The van der Waals surface area contributed by atoms with E-state index in [1.165, 1.54) is 6.07 Å². The van der Waals surface area contributed by atoms with Gasteiger partial charge in [-0.05, 0) is 62.1 Å². The highest BCUT2D eigenvalue weighted by Crippen LogP contribution is 2.31. The minimum atomic E-state index is -0.515. The number of aromatic nitrogens is 2. The molecule has 35 heavy (non-hydrogen) atoms. The molecule has 0 aliphatic heterocycles. The van der Waals surface area contributed by atoms with Crippen LogP contribution in [0.2, 0.25) is 0 Å². The summed E-state index contributed by atoms with van der Waals surface area (Å²) >= 11 is 1.11. The Labute approximate surface area is 206 Å². The number of benzene rings is 3. The van der Waals surface area contributed by atoms with Crippen molar-refractivity contribution in [2.75, 3.05) is 11.1 Å². The van der Waals surface area contributed by atoms with Crippen LogP contribution in [0.4, 0.5) is 11.4 Å². The largest absolute Gasteiger partial charge is 0.319 e. The van der Waals surface area contributed by atoms with Crippen molar-refractivity contribution in [2.24, 2.45) is 0 Å². The number of hydrogen-bond donors (Lipinski definition) is 1. The maximum Gasteiger partial charge on any atom is 0.293 e. The van der Waals surface area contributed by atoms with Gasteiger partial charge in [0.05, 0.1) is 27.3 Å². The van der Waals surface area contributed by atoms with Crippen molar-refractivity contribution in [1.82, 2.24) is 9.55 Å². The SMILES string of the molecule is Cc1ccc([N+](=O)[O-])c(NC(=O)CSc2nc3ccccc3c(=O)n2-c2c(C)cccc2C)c1C. The fourth-order valence-corrected chi connectivity index (χ4v) is 4.78. The van der Waals surface area contributed by atoms with Gasteiger partial charge in [-0.2, -0.15) is 0 Å². The molecule has 0 unspecified atom stereocenters. The van der Waals surface area contributed by atoms with Crippen LogP contribution in [0.15, 0.2) is 64.5 Å². The lowest BCUT2D eigenvalue weighted by Gasteiger charge is -2.17. The van der Waals surface area contributed by atoms with Crippen LogP contribution >= 0.6 is 11.8 Å². The highest BCUT2D eigenvalue weighted by molar-refractivity contribution is 7.99. The molecule has 0 saturated carbocycles. The molecule has 4 aromatic rings. The Morgan fingerprint density at radius 3 is 2.37 bits per heavy atom. The van der Waals surface area contributed by atoms with Crippen LogP contribution in [0.1, 0.15) is 22.3 Å². The van der Waals surface area contributed by atoms with Crippen molar-refractivity contribution in [3.8, 4) is 5.69 Å². The molecule has 0 atom stereocenters. The Hall–Kier alpha value is -3.98. The molecule has 178 valence electrons. The number of nitro benzene ring substituents is 1. The lowest BCUT2D eigenvalue weighted by atomic mass is 10.1. The van der Waals surface area contributed by atoms with Gasteiger partial charge in [0, 0.05) is 6.07 Å². The summed E-state index contributed by atoms with van der Waals surface area (Å²) in [6.45, 7) is 7.40. The van der Waals surface area contributed by atoms with Crippen molar-refractivity contribution in [3.63, 3.8) is 0 Å². The molecule has 0 saturated heterocycles. The number of para-hydroxylation sites is 2. The number of nitrogens with zero attached hydrogens (tertiary/aromatic N) is 3. The molecule has 8 nitrogen and oxygen atoms in total. The zero-order chi connectivity index (χ0) is 25.3. The smallest absolute Gasteiger partial charge is 0.293 e. The molecule has 0 aliphatic carbocycles. The Morgan fingerprint density at radius 1 is 1.00 bits per heavy atom. The molecule has 0 radical (unpaired) electrons. The van der Waals surface area contributed by atoms with Crippen molar-refractivity contribution in [1.29, 1.82) is 0 Å². The Bertz CT molecular complexity index is 1520. The van der Waals surface area contributed by atoms with E-state index in [4.69, 9.17) is 0 Å². The van der Waals surface area contributed by atoms with E-state index in [1.807, 2.05) is 39.0 Å². The topological polar surface area (TPSA) is 107 Å². The molecule has 0 fully saturated rings. The lowest BCUT2D eigenvalue weighted by Crippen LogP contribution is -2.24. The number of aryl methyl sites for hydroxylation is 3. The number of thioether (sulfide) groups is 1. The van der Waals surface area contributed by atoms with Crippen LogP contribution in [-0.4, -0.2) is 26.1 Å². The van der Waals surface area contributed by atoms with Crippen molar-refractivity contribution >= 4 is 39.9 Å². The molecule has 0 bridgehead atoms. The number of carbonyl (C=O) groups excluding carboxylic acids is 1. The molecule has 0 spiro atoms. The van der Waals surface area contributed by atoms with Gasteiger partial charge in [0.25, 0.3) is 11.2 Å². The number of fused-ring (bicyclic) bond motifs is 1. The maximum absolute atomic E-state index is 13.5. The van der Waals surface area contributed by atoms with Gasteiger partial charge < -0.3 is 5.32 Å². The molecular weight excluding hydrogens is 464 g/mol. The van der Waals surface area contributed by atoms with E-state index in [0.717, 1.165) is 34.1 Å². The van der Waals surface area contributed by atoms with Crippen LogP contribution in [0, 0.1) is 37.8 Å². The summed E-state index contributed by atoms with van der Waals surface area (Å²) in [6.07, 6.45) is 0. The predicted molar refractivity (Wildman–Crippen MR) is 139 cm³/mol. The second-order valence-corrected chi connectivity index (χ2v) is 9.23. The van der Waals surface area contributed by atoms with Gasteiger partial charge in [-0.15, -0.1) is 0 Å². The number of nitrogens with one attached hydrogen (secondary N) is 1. The first kappa shape index (κ1) is 24.2. The summed E-state index contributed by atoms with van der Waals surface area (Å²) in [5, 5.41) is 15.0. The van der Waals surface area contributed by atoms with Gasteiger partial charge in [-0.3, -0.25) is 24.3 Å². The number of anilines is 1. The molecule has 1 heterocycles. The molecule has 3 aromatic carbocycles. The Kier molecular flexibility index (Phi) is 6.70. The monoisotopic (exact) mass is 488 g/mol. The maximum atomic E-state index is 13.5. The number of rotatable bonds is 6. The first-order valence-electron chi connectivity index (χ1n) is 10.9. The van der Waals surface area contributed by atoms with E-state index in [0.29, 0.717) is 21.6 Å². The van der Waals surface area contributed by atoms with E-state index in [2.05, 4.69) is 10.3 Å². The summed E-state index contributed by atoms with van der Waals surface area (Å²) in [5.74, 6) is -0.512. The quantitative estimate of drug-likeness (QED) is 0.172. The first-order chi connectivity index (χ1) is 16.7. The van der Waals surface area contributed by atoms with Crippen LogP contribution in [0.25, 0.3) is 16.6 Å². The second-order valence-electron chi connectivity index (χ2n) is 8.29. The number of hydrogen-bond acceptors (Lipinski definition) is 6. The van der Waals surface area contributed by atoms with Gasteiger partial charge in [0.1, 0.15) is 5.69 Å². The molecular formula is C26H24N4O4S. The molecule has 1 amide bonds. The number of nitro groups is 1. The minimum Gasteiger partial charge on any atom is -0.319 e. The van der Waals surface area contributed by atoms with E-state index >= 15 is 0 Å². The average Bonchev–Trinajstić information content (AvgIpc) is 2.82. The van der Waals surface area contributed by atoms with E-state index in [9.17, 15) is 19.7 Å². The highest BCUT2D eigenvalue weighted by Gasteiger charge is 2.21. The summed E-state index contributed by atoms with van der Waals surface area (Å²) in [7, 11) is 0. The van der Waals surface area contributed by atoms with E-state index in [-0.39, 0.29) is 22.7 Å². The first-order valence-corrected chi connectivity index (χ1v) is 11.9. The van der Waals surface area contributed by atoms with Crippen LogP contribution < -0.4 is 10.9 Å². The van der Waals surface area contributed by atoms with Gasteiger partial charge in [0.15, 0.2) is 5.16 Å². The van der Waals surface area contributed by atoms with Crippen LogP contribution in [-0.2, 0) is 4.79 Å². The van der Waals surface area contributed by atoms with Gasteiger partial charge >= 0.3 is 0 Å². The summed E-state index contributed by atoms with van der Waals surface area (Å²) in [6, 6.07) is 15.9. The average molecular weight is 489 g/mol. The number of carbonyl (C=O) groups is 1. The van der Waals surface area contributed by atoms with E-state index < -0.39 is 10.8 Å². The van der Waals surface area contributed by atoms with Crippen molar-refractivity contribution < 1.29 is 9.72 Å². The van der Waals surface area contributed by atoms with E-state index in [1.54, 1.807) is 41.8 Å². The van der Waals surface area contributed by atoms with Gasteiger partial charge in [-0.25, -0.2) is 4.98 Å². The Morgan fingerprint density at radius 2 is 1.69 bits per heavy atom. The minimum absolute atomic E-state index is 0.0831. The molecule has 1 N–H and O–H groups in total. The van der Waals surface area contributed by atoms with Gasteiger partial charge in [0.2, 0.25) is 5.91 Å². The van der Waals surface area contributed by atoms with Crippen molar-refractivity contribution in [3.05, 3.63) is 97.3 Å². The summed E-state index contributed by atoms with van der Waals surface area (Å²) in [5.41, 5.74) is 4.33. The fraction of sp³-hybridized carbons (Fsp3) is 0.192. The lowest BCUT2D eigenvalue weighted by molar-refractivity contribution is -0.384. The third kappa shape index (κ3) is 4.67. The molecule has 0 aliphatic rings. The standard InChI is InChI=1S/C26H24N4O4S/c1-15-12-13-21(30(33)34)23(18(15)4)28-22(31)14-35-26-27-20-11-6-5-10-19(20)25(32)29(26)24-16(2)8-7-9-17(24)3/h5-13H,14H2,1-4H3,(H,28,31). The zero-order valence-electron chi connectivity index (χ0n) is 19.8. The van der Waals surface area contributed by atoms with Gasteiger partial charge in [-0.1, -0.05) is 48.2 Å². The third-order valence-corrected chi connectivity index (χ3v) is 6.85. The third-order valence-electron chi connectivity index (χ3n) is 5.92. The predicted octanol–water partition coefficient (Wildman–Crippen LogP) is 5.26. The molecule has 4 rings (SSSR count). The van der Waals surface area contributed by atoms with Crippen LogP contribution in [0.5, 0.6) is 0 Å². The highest BCUT2D eigenvalue weighted by atomic mass is 32.2. The van der Waals surface area contributed by atoms with Crippen molar-refractivity contribution in [2.45, 2.75) is 32.9 Å². The molecule has 1 aromatic heterocycles. The fourth-order valence-electron chi connectivity index (χ4n) is 3.98. The summed E-state index contributed by atoms with van der Waals surface area (Å²) < 4.78 is 1.55. The summed E-state index contributed by atoms with van der Waals surface area (Å²) in [4.78, 5) is 42.1.